The van der Waals surface area contributed by atoms with Crippen molar-refractivity contribution in [2.45, 2.75) is 58.9 Å². The molecule has 9 nitrogen and oxygen atoms in total. The molecule has 5 rings (SSSR count). The van der Waals surface area contributed by atoms with Gasteiger partial charge in [0.2, 0.25) is 5.91 Å². The Morgan fingerprint density at radius 3 is 2.37 bits per heavy atom. The summed E-state index contributed by atoms with van der Waals surface area (Å²) in [7, 11) is 0. The Hall–Kier alpha value is -4.65. The predicted molar refractivity (Wildman–Crippen MR) is 173 cm³/mol. The number of alkyl halides is 3. The van der Waals surface area contributed by atoms with E-state index in [0.717, 1.165) is 27.9 Å². The number of amidine groups is 1. The fourth-order valence-corrected chi connectivity index (χ4v) is 6.13. The third-order valence-corrected chi connectivity index (χ3v) is 8.63. The first-order valence-electron chi connectivity index (χ1n) is 14.6. The highest BCUT2D eigenvalue weighted by Crippen LogP contribution is 2.35. The molecule has 1 aliphatic rings. The molecule has 2 unspecified atom stereocenters. The lowest BCUT2D eigenvalue weighted by Crippen LogP contribution is -2.36. The van der Waals surface area contributed by atoms with Gasteiger partial charge in [-0.25, -0.2) is 14.5 Å². The average molecular weight is 651 g/mol. The number of urea groups is 1. The van der Waals surface area contributed by atoms with E-state index in [2.05, 4.69) is 39.0 Å². The minimum Gasteiger partial charge on any atom is -0.406 e. The standard InChI is InChI=1S/C33H33F3N6O3S/c1-19(2)29-20(3)7-6-8-27(29)42-28(43)17-46-32(42)39-31(44)38-22(5)21(4)23-9-11-24(12-10-23)30-37-18-41(40-30)25-13-15-26(16-14-25)45-33(34,35)36/h6-16,18-19,21-22H,17H2,1-5H3,(H,38,44)/b39-32-. The van der Waals surface area contributed by atoms with E-state index in [0.29, 0.717) is 16.7 Å². The number of aromatic nitrogens is 3. The molecular formula is C33H33F3N6O3S. The highest BCUT2D eigenvalue weighted by atomic mass is 32.2. The summed E-state index contributed by atoms with van der Waals surface area (Å²) in [6.45, 7) is 10.0. The van der Waals surface area contributed by atoms with Crippen molar-refractivity contribution in [3.8, 4) is 22.8 Å². The van der Waals surface area contributed by atoms with Crippen LogP contribution in [0.4, 0.5) is 23.7 Å². The lowest BCUT2D eigenvalue weighted by molar-refractivity contribution is -0.274. The van der Waals surface area contributed by atoms with Crippen LogP contribution in [0.2, 0.25) is 0 Å². The molecule has 1 N–H and O–H groups in total. The maximum absolute atomic E-state index is 13.0. The number of hydrogen-bond donors (Lipinski definition) is 1. The van der Waals surface area contributed by atoms with Crippen LogP contribution >= 0.6 is 11.8 Å². The second-order valence-corrected chi connectivity index (χ2v) is 12.2. The molecule has 0 radical (unpaired) electrons. The Labute approximate surface area is 268 Å². The number of hydrogen-bond acceptors (Lipinski definition) is 6. The van der Waals surface area contributed by atoms with Crippen LogP contribution in [0.1, 0.15) is 56.2 Å². The van der Waals surface area contributed by atoms with Crippen molar-refractivity contribution in [1.82, 2.24) is 20.1 Å². The molecule has 240 valence electrons. The maximum atomic E-state index is 13.0. The van der Waals surface area contributed by atoms with Crippen LogP contribution in [-0.4, -0.2) is 50.0 Å². The van der Waals surface area contributed by atoms with Crippen LogP contribution in [0, 0.1) is 6.92 Å². The number of anilines is 1. The van der Waals surface area contributed by atoms with Crippen molar-refractivity contribution < 1.29 is 27.5 Å². The first-order chi connectivity index (χ1) is 21.8. The van der Waals surface area contributed by atoms with Crippen LogP contribution in [0.3, 0.4) is 0 Å². The number of thioether (sulfide) groups is 1. The molecule has 3 amide bonds. The van der Waals surface area contributed by atoms with Gasteiger partial charge in [-0.2, -0.15) is 4.99 Å². The molecule has 1 fully saturated rings. The number of benzene rings is 3. The van der Waals surface area contributed by atoms with Crippen molar-refractivity contribution in [3.63, 3.8) is 0 Å². The van der Waals surface area contributed by atoms with E-state index in [1.54, 1.807) is 4.90 Å². The van der Waals surface area contributed by atoms with Gasteiger partial charge in [0.05, 0.1) is 17.1 Å². The number of carbonyl (C=O) groups excluding carboxylic acids is 2. The minimum absolute atomic E-state index is 0.0700. The van der Waals surface area contributed by atoms with Crippen molar-refractivity contribution in [2.24, 2.45) is 4.99 Å². The lowest BCUT2D eigenvalue weighted by Gasteiger charge is -2.24. The predicted octanol–water partition coefficient (Wildman–Crippen LogP) is 7.60. The zero-order valence-corrected chi connectivity index (χ0v) is 26.7. The largest absolute Gasteiger partial charge is 0.573 e. The summed E-state index contributed by atoms with van der Waals surface area (Å²) in [6, 6.07) is 17.9. The van der Waals surface area contributed by atoms with Crippen molar-refractivity contribution in [3.05, 3.63) is 89.7 Å². The van der Waals surface area contributed by atoms with Gasteiger partial charge in [0.25, 0.3) is 0 Å². The topological polar surface area (TPSA) is 102 Å². The molecule has 1 saturated heterocycles. The normalized spacial score (nSPS) is 15.8. The van der Waals surface area contributed by atoms with E-state index in [4.69, 9.17) is 0 Å². The average Bonchev–Trinajstić information content (AvgIpc) is 3.63. The van der Waals surface area contributed by atoms with E-state index in [-0.39, 0.29) is 35.3 Å². The molecule has 0 aliphatic carbocycles. The zero-order chi connectivity index (χ0) is 33.2. The molecule has 1 aliphatic heterocycles. The molecule has 1 aromatic heterocycles. The fourth-order valence-electron chi connectivity index (χ4n) is 5.28. The molecule has 4 aromatic rings. The van der Waals surface area contributed by atoms with Gasteiger partial charge in [-0.3, -0.25) is 9.69 Å². The minimum atomic E-state index is -4.76. The molecule has 46 heavy (non-hydrogen) atoms. The van der Waals surface area contributed by atoms with Gasteiger partial charge in [-0.1, -0.05) is 68.9 Å². The summed E-state index contributed by atoms with van der Waals surface area (Å²) >= 11 is 1.25. The number of rotatable bonds is 8. The fraction of sp³-hybridized carbons (Fsp3) is 0.303. The van der Waals surface area contributed by atoms with Gasteiger partial charge in [0.15, 0.2) is 11.0 Å². The van der Waals surface area contributed by atoms with Crippen LogP contribution in [-0.2, 0) is 4.79 Å². The zero-order valence-electron chi connectivity index (χ0n) is 25.9. The number of nitrogens with zero attached hydrogens (tertiary/aromatic N) is 5. The first-order valence-corrected chi connectivity index (χ1v) is 15.6. The Morgan fingerprint density at radius 2 is 1.72 bits per heavy atom. The Morgan fingerprint density at radius 1 is 1.02 bits per heavy atom. The molecule has 0 bridgehead atoms. The lowest BCUT2D eigenvalue weighted by atomic mass is 9.93. The van der Waals surface area contributed by atoms with Gasteiger partial charge in [-0.15, -0.1) is 18.3 Å². The smallest absolute Gasteiger partial charge is 0.406 e. The summed E-state index contributed by atoms with van der Waals surface area (Å²) in [4.78, 5) is 36.1. The van der Waals surface area contributed by atoms with Crippen molar-refractivity contribution in [2.75, 3.05) is 10.7 Å². The van der Waals surface area contributed by atoms with Crippen molar-refractivity contribution >= 4 is 34.6 Å². The number of ether oxygens (including phenoxy) is 1. The molecule has 2 heterocycles. The Balaban J connectivity index is 1.24. The van der Waals surface area contributed by atoms with E-state index in [1.807, 2.05) is 63.2 Å². The molecule has 3 aromatic carbocycles. The second kappa shape index (κ2) is 13.4. The molecule has 2 atom stereocenters. The van der Waals surface area contributed by atoms with Gasteiger partial charge >= 0.3 is 12.4 Å². The number of amides is 3. The second-order valence-electron chi connectivity index (χ2n) is 11.3. The molecule has 0 spiro atoms. The van der Waals surface area contributed by atoms with Crippen LogP contribution in [0.15, 0.2) is 78.0 Å². The summed E-state index contributed by atoms with van der Waals surface area (Å²) in [5, 5.41) is 7.75. The van der Waals surface area contributed by atoms with Gasteiger partial charge in [0.1, 0.15) is 12.1 Å². The number of nitrogens with one attached hydrogen (secondary N) is 1. The molecular weight excluding hydrogens is 617 g/mol. The maximum Gasteiger partial charge on any atom is 0.573 e. The number of aryl methyl sites for hydroxylation is 1. The summed E-state index contributed by atoms with van der Waals surface area (Å²) in [6.07, 6.45) is -3.29. The van der Waals surface area contributed by atoms with Crippen LogP contribution in [0.5, 0.6) is 5.75 Å². The van der Waals surface area contributed by atoms with Crippen LogP contribution < -0.4 is 15.0 Å². The van der Waals surface area contributed by atoms with Gasteiger partial charge < -0.3 is 10.1 Å². The quantitative estimate of drug-likeness (QED) is 0.211. The van der Waals surface area contributed by atoms with E-state index >= 15 is 0 Å². The van der Waals surface area contributed by atoms with Gasteiger partial charge in [-0.05, 0) is 66.8 Å². The van der Waals surface area contributed by atoms with Crippen LogP contribution in [0.25, 0.3) is 17.1 Å². The van der Waals surface area contributed by atoms with E-state index < -0.39 is 12.4 Å². The highest BCUT2D eigenvalue weighted by molar-refractivity contribution is 8.15. The summed E-state index contributed by atoms with van der Waals surface area (Å²) in [5.74, 6) is 0.334. The highest BCUT2D eigenvalue weighted by Gasteiger charge is 2.33. The number of carbonyl (C=O) groups is 2. The Kier molecular flexibility index (Phi) is 9.52. The molecule has 13 heteroatoms. The number of aliphatic imine (C=N–C) groups is 1. The van der Waals surface area contributed by atoms with Gasteiger partial charge in [0, 0.05) is 17.5 Å². The SMILES string of the molecule is Cc1cccc(N2C(=O)CS/C2=N\C(=O)NC(C)C(C)c2ccc(-c3ncn(-c4ccc(OC(F)(F)F)cc4)n3)cc2)c1C(C)C. The third kappa shape index (κ3) is 7.41. The van der Waals surface area contributed by atoms with Crippen molar-refractivity contribution in [1.29, 1.82) is 0 Å². The Bertz CT molecular complexity index is 1750. The third-order valence-electron chi connectivity index (χ3n) is 7.70. The summed E-state index contributed by atoms with van der Waals surface area (Å²) in [5.41, 5.74) is 5.12. The van der Waals surface area contributed by atoms with E-state index in [9.17, 15) is 22.8 Å². The summed E-state index contributed by atoms with van der Waals surface area (Å²) < 4.78 is 42.7. The molecule has 0 saturated carbocycles. The monoisotopic (exact) mass is 650 g/mol. The van der Waals surface area contributed by atoms with E-state index in [1.165, 1.54) is 47.0 Å². The first kappa shape index (κ1) is 32.7. The number of halogens is 3.